The lowest BCUT2D eigenvalue weighted by molar-refractivity contribution is -0.143. The maximum Gasteiger partial charge on any atom is 0.408 e. The first-order valence-electron chi connectivity index (χ1n) is 11.4. The van der Waals surface area contributed by atoms with Crippen molar-refractivity contribution in [2.24, 2.45) is 0 Å². The van der Waals surface area contributed by atoms with Crippen LogP contribution in [0.4, 0.5) is 4.79 Å². The van der Waals surface area contributed by atoms with Crippen molar-refractivity contribution < 1.29 is 19.1 Å². The number of benzene rings is 1. The van der Waals surface area contributed by atoms with Gasteiger partial charge in [0.05, 0.1) is 0 Å². The summed E-state index contributed by atoms with van der Waals surface area (Å²) in [6, 6.07) is 4.11. The Morgan fingerprint density at radius 2 is 1.73 bits per heavy atom. The molecule has 0 aliphatic heterocycles. The molecule has 0 aromatic heterocycles. The van der Waals surface area contributed by atoms with Crippen molar-refractivity contribution in [2.45, 2.75) is 97.5 Å². The second kappa shape index (κ2) is 10.4. The molecule has 2 N–H and O–H groups in total. The molecule has 33 heavy (non-hydrogen) atoms. The molecule has 0 spiro atoms. The van der Waals surface area contributed by atoms with Crippen LogP contribution in [0.3, 0.4) is 0 Å². The molecule has 184 valence electrons. The summed E-state index contributed by atoms with van der Waals surface area (Å²) in [6.45, 7) is 14.9. The molecule has 0 radical (unpaired) electrons. The Bertz CT molecular complexity index is 885. The van der Waals surface area contributed by atoms with Crippen LogP contribution in [0.5, 0.6) is 0 Å². The third-order valence-corrected chi connectivity index (χ3v) is 5.49. The van der Waals surface area contributed by atoms with Crippen LogP contribution < -0.4 is 10.6 Å². The molecule has 2 rings (SSSR count). The van der Waals surface area contributed by atoms with Crippen molar-refractivity contribution in [3.63, 3.8) is 0 Å². The topological polar surface area (TPSA) is 87.7 Å². The molecule has 1 fully saturated rings. The van der Waals surface area contributed by atoms with Gasteiger partial charge in [-0.25, -0.2) is 4.79 Å². The van der Waals surface area contributed by atoms with E-state index in [4.69, 9.17) is 4.74 Å². The van der Waals surface area contributed by atoms with Crippen molar-refractivity contribution >= 4 is 30.5 Å². The minimum absolute atomic E-state index is 0.0732. The average Bonchev–Trinajstić information content (AvgIpc) is 3.47. The lowest BCUT2D eigenvalue weighted by Crippen LogP contribution is -2.56. The lowest BCUT2D eigenvalue weighted by Gasteiger charge is -2.36. The number of carbonyl (C=O) groups excluding carboxylic acids is 3. The zero-order valence-corrected chi connectivity index (χ0v) is 22.0. The van der Waals surface area contributed by atoms with E-state index in [2.05, 4.69) is 23.3 Å². The molecule has 0 bridgehead atoms. The summed E-state index contributed by atoms with van der Waals surface area (Å²) in [4.78, 5) is 41.4. The van der Waals surface area contributed by atoms with Gasteiger partial charge in [-0.1, -0.05) is 23.8 Å². The van der Waals surface area contributed by atoms with E-state index >= 15 is 0 Å². The fraction of sp³-hybridized carbons (Fsp3) is 0.640. The Kier molecular flexibility index (Phi) is 8.49. The van der Waals surface area contributed by atoms with Crippen LogP contribution in [-0.2, 0) is 14.3 Å². The number of hydrogen-bond acceptors (Lipinski definition) is 5. The predicted octanol–water partition coefficient (Wildman–Crippen LogP) is 4.07. The van der Waals surface area contributed by atoms with Crippen LogP contribution in [0.2, 0.25) is 0 Å². The predicted molar refractivity (Wildman–Crippen MR) is 133 cm³/mol. The molecule has 0 saturated heterocycles. The molecule has 1 aromatic rings. The number of rotatable bonds is 7. The maximum absolute atomic E-state index is 13.8. The van der Waals surface area contributed by atoms with Gasteiger partial charge in [0.15, 0.2) is 0 Å². The summed E-state index contributed by atoms with van der Waals surface area (Å²) in [7, 11) is 0. The second-order valence-electron chi connectivity index (χ2n) is 10.9. The van der Waals surface area contributed by atoms with Crippen LogP contribution in [-0.4, -0.2) is 51.8 Å². The van der Waals surface area contributed by atoms with Gasteiger partial charge in [-0.2, -0.15) is 12.6 Å². The Hall–Kier alpha value is -2.22. The van der Waals surface area contributed by atoms with Crippen molar-refractivity contribution in [1.82, 2.24) is 15.5 Å². The van der Waals surface area contributed by atoms with Crippen molar-refractivity contribution in [3.05, 3.63) is 34.9 Å². The molecular formula is C25H39N3O4S. The molecule has 0 heterocycles. The third-order valence-electron chi connectivity index (χ3n) is 5.12. The molecule has 2 unspecified atom stereocenters. The Balaban J connectivity index is 2.46. The van der Waals surface area contributed by atoms with Gasteiger partial charge in [0.1, 0.15) is 17.7 Å². The first-order valence-corrected chi connectivity index (χ1v) is 12.1. The van der Waals surface area contributed by atoms with Crippen LogP contribution >= 0.6 is 12.6 Å². The number of nitrogens with zero attached hydrogens (tertiary/aromatic N) is 1. The summed E-state index contributed by atoms with van der Waals surface area (Å²) in [5.74, 6) is -0.498. The summed E-state index contributed by atoms with van der Waals surface area (Å²) >= 11 is 4.32. The highest BCUT2D eigenvalue weighted by Crippen LogP contribution is 2.37. The normalized spacial score (nSPS) is 15.9. The highest BCUT2D eigenvalue weighted by molar-refractivity contribution is 7.80. The first kappa shape index (κ1) is 27.0. The standard InChI is InChI=1S/C25H39N3O4S/c1-15-9-10-16(2)18(13-15)20(21(29)27-24(3,4)5)28(17-11-12-17)22(30)19(14-33)26-23(31)32-25(6,7)8/h9-10,13,17,19-20,33H,11-12,14H2,1-8H3,(H,26,31)(H,27,29). The van der Waals surface area contributed by atoms with Crippen molar-refractivity contribution in [1.29, 1.82) is 0 Å². The van der Waals surface area contributed by atoms with Gasteiger partial charge in [-0.15, -0.1) is 0 Å². The van der Waals surface area contributed by atoms with Gasteiger partial charge in [0.25, 0.3) is 0 Å². The smallest absolute Gasteiger partial charge is 0.408 e. The van der Waals surface area contributed by atoms with Crippen LogP contribution in [0.25, 0.3) is 0 Å². The average molecular weight is 478 g/mol. The minimum atomic E-state index is -0.918. The van der Waals surface area contributed by atoms with E-state index in [0.717, 1.165) is 29.5 Å². The molecule has 2 atom stereocenters. The molecule has 3 amide bonds. The maximum atomic E-state index is 13.8. The van der Waals surface area contributed by atoms with Gasteiger partial charge in [0.2, 0.25) is 11.8 Å². The van der Waals surface area contributed by atoms with Crippen LogP contribution in [0.1, 0.15) is 77.1 Å². The van der Waals surface area contributed by atoms with Crippen LogP contribution in [0.15, 0.2) is 18.2 Å². The molecule has 1 aromatic carbocycles. The quantitative estimate of drug-likeness (QED) is 0.517. The number of carbonyl (C=O) groups is 3. The lowest BCUT2D eigenvalue weighted by atomic mass is 9.95. The first-order chi connectivity index (χ1) is 15.1. The van der Waals surface area contributed by atoms with E-state index in [9.17, 15) is 14.4 Å². The van der Waals surface area contributed by atoms with Crippen molar-refractivity contribution in [2.75, 3.05) is 5.75 Å². The Labute approximate surface area is 203 Å². The second-order valence-corrected chi connectivity index (χ2v) is 11.2. The number of ether oxygens (including phenoxy) is 1. The fourth-order valence-electron chi connectivity index (χ4n) is 3.60. The molecular weight excluding hydrogens is 438 g/mol. The Morgan fingerprint density at radius 1 is 1.12 bits per heavy atom. The van der Waals surface area contributed by atoms with Gasteiger partial charge in [0, 0.05) is 17.3 Å². The monoisotopic (exact) mass is 477 g/mol. The van der Waals surface area contributed by atoms with Gasteiger partial charge in [-0.05, 0) is 79.4 Å². The molecule has 1 saturated carbocycles. The van der Waals surface area contributed by atoms with E-state index in [0.29, 0.717) is 0 Å². The summed E-state index contributed by atoms with van der Waals surface area (Å²) in [5.41, 5.74) is 1.55. The minimum Gasteiger partial charge on any atom is -0.444 e. The number of amides is 3. The zero-order chi connectivity index (χ0) is 25.1. The van der Waals surface area contributed by atoms with Crippen LogP contribution in [0, 0.1) is 13.8 Å². The van der Waals surface area contributed by atoms with E-state index < -0.39 is 29.3 Å². The molecule has 1 aliphatic rings. The van der Waals surface area contributed by atoms with E-state index in [-0.39, 0.29) is 23.6 Å². The van der Waals surface area contributed by atoms with Gasteiger partial charge in [-0.3, -0.25) is 9.59 Å². The summed E-state index contributed by atoms with van der Waals surface area (Å²) < 4.78 is 5.34. The fourth-order valence-corrected chi connectivity index (χ4v) is 3.84. The van der Waals surface area contributed by atoms with Crippen molar-refractivity contribution in [3.8, 4) is 0 Å². The molecule has 1 aliphatic carbocycles. The number of aryl methyl sites for hydroxylation is 2. The number of alkyl carbamates (subject to hydrolysis) is 1. The number of hydrogen-bond donors (Lipinski definition) is 3. The van der Waals surface area contributed by atoms with Gasteiger partial charge < -0.3 is 20.3 Å². The van der Waals surface area contributed by atoms with E-state index in [1.165, 1.54) is 0 Å². The SMILES string of the molecule is Cc1ccc(C)c(C(C(=O)NC(C)(C)C)N(C(=O)C(CS)NC(=O)OC(C)(C)C)C2CC2)c1. The number of nitrogens with one attached hydrogen (secondary N) is 2. The third kappa shape index (κ3) is 7.95. The highest BCUT2D eigenvalue weighted by atomic mass is 32.1. The molecule has 7 nitrogen and oxygen atoms in total. The van der Waals surface area contributed by atoms with E-state index in [1.54, 1.807) is 25.7 Å². The largest absolute Gasteiger partial charge is 0.444 e. The van der Waals surface area contributed by atoms with Gasteiger partial charge >= 0.3 is 6.09 Å². The number of thiol groups is 1. The van der Waals surface area contributed by atoms with E-state index in [1.807, 2.05) is 52.8 Å². The summed E-state index contributed by atoms with van der Waals surface area (Å²) in [6.07, 6.45) is 0.927. The Morgan fingerprint density at radius 3 is 2.21 bits per heavy atom. The highest BCUT2D eigenvalue weighted by Gasteiger charge is 2.44. The molecule has 8 heteroatoms. The zero-order valence-electron chi connectivity index (χ0n) is 21.1. The summed E-state index contributed by atoms with van der Waals surface area (Å²) in [5, 5.41) is 5.69.